The van der Waals surface area contributed by atoms with Gasteiger partial charge >= 0.3 is 0 Å². The molecule has 0 amide bonds. The first-order chi connectivity index (χ1) is 11.2. The molecular formula is C16H14ClFN4O. The van der Waals surface area contributed by atoms with Crippen LogP contribution in [0.4, 0.5) is 4.39 Å². The summed E-state index contributed by atoms with van der Waals surface area (Å²) in [6.45, 7) is 0.656. The Balaban J connectivity index is 1.63. The van der Waals surface area contributed by atoms with Gasteiger partial charge < -0.3 is 10.2 Å². The number of rotatable bonds is 6. The van der Waals surface area contributed by atoms with E-state index in [9.17, 15) is 4.39 Å². The fraction of sp³-hybridized carbons (Fsp3) is 0.125. The zero-order valence-electron chi connectivity index (χ0n) is 12.1. The van der Waals surface area contributed by atoms with Crippen molar-refractivity contribution in [1.29, 1.82) is 0 Å². The third kappa shape index (κ3) is 3.98. The van der Waals surface area contributed by atoms with Crippen molar-refractivity contribution in [3.63, 3.8) is 0 Å². The molecule has 0 saturated carbocycles. The van der Waals surface area contributed by atoms with Gasteiger partial charge in [0.15, 0.2) is 0 Å². The van der Waals surface area contributed by atoms with Gasteiger partial charge in [-0.05, 0) is 29.8 Å². The van der Waals surface area contributed by atoms with Crippen molar-refractivity contribution < 1.29 is 9.13 Å². The maximum absolute atomic E-state index is 13.7. The van der Waals surface area contributed by atoms with E-state index in [4.69, 9.17) is 16.3 Å². The number of hydrogen-bond donors (Lipinski definition) is 1. The van der Waals surface area contributed by atoms with Crippen LogP contribution < -0.4 is 10.2 Å². The maximum Gasteiger partial charge on any atom is 0.138 e. The van der Waals surface area contributed by atoms with Gasteiger partial charge in [0.05, 0.1) is 11.6 Å². The summed E-state index contributed by atoms with van der Waals surface area (Å²) < 4.78 is 21.0. The molecule has 0 atom stereocenters. The number of benzene rings is 2. The molecule has 1 aromatic heterocycles. The molecule has 118 valence electrons. The Morgan fingerprint density at radius 2 is 1.91 bits per heavy atom. The molecular weight excluding hydrogens is 319 g/mol. The summed E-state index contributed by atoms with van der Waals surface area (Å²) in [6, 6.07) is 12.1. The first-order valence-electron chi connectivity index (χ1n) is 6.95. The highest BCUT2D eigenvalue weighted by molar-refractivity contribution is 6.31. The van der Waals surface area contributed by atoms with E-state index in [-0.39, 0.29) is 12.4 Å². The summed E-state index contributed by atoms with van der Waals surface area (Å²) in [6.07, 6.45) is 3.14. The van der Waals surface area contributed by atoms with E-state index in [1.54, 1.807) is 29.5 Å². The molecule has 3 rings (SSSR count). The largest absolute Gasteiger partial charge is 0.489 e. The molecule has 5 nitrogen and oxygen atoms in total. The van der Waals surface area contributed by atoms with Crippen molar-refractivity contribution in [3.05, 3.63) is 77.1 Å². The standard InChI is InChI=1S/C16H14ClFN4O/c17-15-5-2-6-16(18)14(15)9-23-13-4-1-3-12(7-13)8-21-22-10-19-20-11-22/h1-7,10-11,21H,8-9H2. The number of halogens is 2. The van der Waals surface area contributed by atoms with Crippen LogP contribution in [0.2, 0.25) is 5.02 Å². The lowest BCUT2D eigenvalue weighted by Crippen LogP contribution is -2.12. The van der Waals surface area contributed by atoms with Crippen LogP contribution in [0.25, 0.3) is 0 Å². The van der Waals surface area contributed by atoms with Crippen LogP contribution in [-0.2, 0) is 13.2 Å². The average Bonchev–Trinajstić information content (AvgIpc) is 3.06. The minimum atomic E-state index is -0.372. The molecule has 1 heterocycles. The first-order valence-corrected chi connectivity index (χ1v) is 7.33. The molecule has 0 aliphatic heterocycles. The van der Waals surface area contributed by atoms with Gasteiger partial charge in [-0.1, -0.05) is 29.8 Å². The SMILES string of the molecule is Fc1cccc(Cl)c1COc1cccc(CNn2cnnc2)c1. The lowest BCUT2D eigenvalue weighted by atomic mass is 10.2. The van der Waals surface area contributed by atoms with Gasteiger partial charge in [-0.15, -0.1) is 10.2 Å². The number of aromatic nitrogens is 3. The Hall–Kier alpha value is -2.60. The Morgan fingerprint density at radius 3 is 2.70 bits per heavy atom. The van der Waals surface area contributed by atoms with Crippen molar-refractivity contribution >= 4 is 11.6 Å². The summed E-state index contributed by atoms with van der Waals surface area (Å²) in [7, 11) is 0. The van der Waals surface area contributed by atoms with E-state index >= 15 is 0 Å². The number of hydrogen-bond acceptors (Lipinski definition) is 4. The third-order valence-electron chi connectivity index (χ3n) is 3.23. The maximum atomic E-state index is 13.7. The predicted molar refractivity (Wildman–Crippen MR) is 85.3 cm³/mol. The van der Waals surface area contributed by atoms with E-state index in [0.717, 1.165) is 5.56 Å². The van der Waals surface area contributed by atoms with Crippen molar-refractivity contribution in [3.8, 4) is 5.75 Å². The molecule has 3 aromatic rings. The lowest BCUT2D eigenvalue weighted by molar-refractivity contribution is 0.299. The molecule has 23 heavy (non-hydrogen) atoms. The Bertz CT molecular complexity index is 759. The van der Waals surface area contributed by atoms with Gasteiger partial charge in [-0.25, -0.2) is 9.07 Å². The molecule has 1 N–H and O–H groups in total. The highest BCUT2D eigenvalue weighted by atomic mass is 35.5. The molecule has 7 heteroatoms. The van der Waals surface area contributed by atoms with E-state index in [0.29, 0.717) is 22.9 Å². The lowest BCUT2D eigenvalue weighted by Gasteiger charge is -2.11. The molecule has 0 fully saturated rings. The minimum absolute atomic E-state index is 0.0772. The van der Waals surface area contributed by atoms with E-state index in [1.165, 1.54) is 6.07 Å². The second kappa shape index (κ2) is 7.11. The molecule has 0 radical (unpaired) electrons. The third-order valence-corrected chi connectivity index (χ3v) is 3.58. The average molecular weight is 333 g/mol. The van der Waals surface area contributed by atoms with Crippen molar-refractivity contribution in [2.24, 2.45) is 0 Å². The Morgan fingerprint density at radius 1 is 1.13 bits per heavy atom. The molecule has 2 aromatic carbocycles. The molecule has 0 aliphatic carbocycles. The van der Waals surface area contributed by atoms with E-state index in [2.05, 4.69) is 15.6 Å². The minimum Gasteiger partial charge on any atom is -0.489 e. The Kier molecular flexibility index (Phi) is 4.73. The normalized spacial score (nSPS) is 10.5. The quantitative estimate of drug-likeness (QED) is 0.751. The summed E-state index contributed by atoms with van der Waals surface area (Å²) in [5.41, 5.74) is 4.47. The highest BCUT2D eigenvalue weighted by Crippen LogP contribution is 2.22. The zero-order chi connectivity index (χ0) is 16.1. The van der Waals surface area contributed by atoms with Crippen LogP contribution >= 0.6 is 11.6 Å². The highest BCUT2D eigenvalue weighted by Gasteiger charge is 2.07. The summed E-state index contributed by atoms with van der Waals surface area (Å²) in [4.78, 5) is 0. The monoisotopic (exact) mass is 332 g/mol. The van der Waals surface area contributed by atoms with Crippen LogP contribution in [0.3, 0.4) is 0 Å². The van der Waals surface area contributed by atoms with Crippen LogP contribution in [0.15, 0.2) is 55.1 Å². The van der Waals surface area contributed by atoms with Gasteiger partial charge in [-0.3, -0.25) is 0 Å². The smallest absolute Gasteiger partial charge is 0.138 e. The fourth-order valence-corrected chi connectivity index (χ4v) is 2.25. The summed E-state index contributed by atoms with van der Waals surface area (Å²) in [5, 5.41) is 7.78. The van der Waals surface area contributed by atoms with Crippen molar-refractivity contribution in [2.75, 3.05) is 5.43 Å². The molecule has 0 spiro atoms. The van der Waals surface area contributed by atoms with Gasteiger partial charge in [0.2, 0.25) is 0 Å². The molecule has 0 bridgehead atoms. The molecule has 0 unspecified atom stereocenters. The van der Waals surface area contributed by atoms with E-state index < -0.39 is 0 Å². The van der Waals surface area contributed by atoms with Gasteiger partial charge in [0.1, 0.15) is 30.8 Å². The van der Waals surface area contributed by atoms with E-state index in [1.807, 2.05) is 24.3 Å². The second-order valence-corrected chi connectivity index (χ2v) is 5.25. The summed E-state index contributed by atoms with van der Waals surface area (Å²) >= 11 is 5.99. The van der Waals surface area contributed by atoms with Crippen LogP contribution in [0, 0.1) is 5.82 Å². The van der Waals surface area contributed by atoms with Gasteiger partial charge in [0, 0.05) is 5.56 Å². The number of ether oxygens (including phenoxy) is 1. The zero-order valence-corrected chi connectivity index (χ0v) is 12.9. The van der Waals surface area contributed by atoms with Crippen molar-refractivity contribution in [1.82, 2.24) is 14.9 Å². The number of nitrogens with zero attached hydrogens (tertiary/aromatic N) is 3. The first kappa shape index (κ1) is 15.3. The van der Waals surface area contributed by atoms with Crippen LogP contribution in [0.1, 0.15) is 11.1 Å². The second-order valence-electron chi connectivity index (χ2n) is 4.84. The fourth-order valence-electron chi connectivity index (χ4n) is 2.04. The summed E-state index contributed by atoms with van der Waals surface area (Å²) in [5.74, 6) is 0.273. The predicted octanol–water partition coefficient (Wildman–Crippen LogP) is 3.39. The van der Waals surface area contributed by atoms with Crippen LogP contribution in [0.5, 0.6) is 5.75 Å². The Labute approximate surface area is 137 Å². The van der Waals surface area contributed by atoms with Crippen LogP contribution in [-0.4, -0.2) is 14.9 Å². The topological polar surface area (TPSA) is 52.0 Å². The molecule has 0 aliphatic rings. The van der Waals surface area contributed by atoms with Gasteiger partial charge in [-0.2, -0.15) is 0 Å². The number of nitrogens with one attached hydrogen (secondary N) is 1. The van der Waals surface area contributed by atoms with Crippen molar-refractivity contribution in [2.45, 2.75) is 13.2 Å². The molecule has 0 saturated heterocycles. The van der Waals surface area contributed by atoms with Gasteiger partial charge in [0.25, 0.3) is 0 Å².